The molecule has 0 aliphatic heterocycles. The summed E-state index contributed by atoms with van der Waals surface area (Å²) in [4.78, 5) is 21.0. The highest BCUT2D eigenvalue weighted by Crippen LogP contribution is 2.32. The van der Waals surface area contributed by atoms with Crippen LogP contribution in [-0.2, 0) is 12.7 Å². The van der Waals surface area contributed by atoms with E-state index in [2.05, 4.69) is 15.3 Å². The smallest absolute Gasteiger partial charge is 0.368 e. The molecule has 2 aromatic heterocycles. The van der Waals surface area contributed by atoms with E-state index in [9.17, 15) is 22.4 Å². The van der Waals surface area contributed by atoms with E-state index >= 15 is 0 Å². The van der Waals surface area contributed by atoms with Gasteiger partial charge >= 0.3 is 6.18 Å². The van der Waals surface area contributed by atoms with Crippen molar-refractivity contribution in [2.75, 3.05) is 5.73 Å². The Bertz CT molecular complexity index is 987. The van der Waals surface area contributed by atoms with Gasteiger partial charge in [0.25, 0.3) is 5.91 Å². The van der Waals surface area contributed by atoms with Crippen molar-refractivity contribution in [2.45, 2.75) is 12.7 Å². The number of alkyl halides is 3. The number of aromatic nitrogens is 2. The molecule has 0 bridgehead atoms. The Balaban J connectivity index is 1.74. The summed E-state index contributed by atoms with van der Waals surface area (Å²) in [6.45, 7) is -0.387. The van der Waals surface area contributed by atoms with E-state index in [0.29, 0.717) is 16.6 Å². The Morgan fingerprint density at radius 2 is 1.96 bits per heavy atom. The number of nitrogens with zero attached hydrogens (tertiary/aromatic N) is 2. The van der Waals surface area contributed by atoms with Gasteiger partial charge in [-0.3, -0.25) is 4.79 Å². The molecule has 27 heavy (non-hydrogen) atoms. The van der Waals surface area contributed by atoms with Crippen molar-refractivity contribution < 1.29 is 22.4 Å². The first-order valence-electron chi connectivity index (χ1n) is 7.56. The Kier molecular flexibility index (Phi) is 5.08. The van der Waals surface area contributed by atoms with Crippen LogP contribution in [0.15, 0.2) is 42.6 Å². The molecule has 0 saturated carbocycles. The lowest BCUT2D eigenvalue weighted by Gasteiger charge is -2.13. The number of hydrogen-bond acceptors (Lipinski definition) is 5. The zero-order valence-electron chi connectivity index (χ0n) is 13.5. The summed E-state index contributed by atoms with van der Waals surface area (Å²) in [6.07, 6.45) is -3.24. The molecule has 0 unspecified atom stereocenters. The quantitative estimate of drug-likeness (QED) is 0.656. The molecule has 3 N–H and O–H groups in total. The lowest BCUT2D eigenvalue weighted by Crippen LogP contribution is -2.23. The number of nitrogens with one attached hydrogen (secondary N) is 1. The largest absolute Gasteiger partial charge is 0.416 e. The third-order valence-corrected chi connectivity index (χ3v) is 4.68. The maximum absolute atomic E-state index is 13.1. The summed E-state index contributed by atoms with van der Waals surface area (Å²) in [7, 11) is 0. The number of rotatable bonds is 4. The molecule has 3 aromatic rings. The number of thiophene rings is 1. The standard InChI is InChI=1S/C17H12F4N4OS/c18-10-2-1-9(11(7-10)17(19,20)21)8-24-15(26)14-4-3-13(27-14)12-5-6-23-16(22)25-12/h1-7H,8H2,(H,24,26)(H2,22,23,25). The minimum absolute atomic E-state index is 0.0860. The molecule has 0 atom stereocenters. The molecule has 0 aliphatic rings. The number of nitrogen functional groups attached to an aromatic ring is 1. The number of halogens is 4. The van der Waals surface area contributed by atoms with Gasteiger partial charge in [-0.15, -0.1) is 11.3 Å². The topological polar surface area (TPSA) is 80.9 Å². The van der Waals surface area contributed by atoms with E-state index in [1.54, 1.807) is 12.1 Å². The number of amides is 1. The number of hydrogen-bond donors (Lipinski definition) is 2. The third-order valence-electron chi connectivity index (χ3n) is 3.57. The molecule has 0 spiro atoms. The van der Waals surface area contributed by atoms with Crippen molar-refractivity contribution in [1.82, 2.24) is 15.3 Å². The van der Waals surface area contributed by atoms with Crippen LogP contribution in [0.2, 0.25) is 0 Å². The third kappa shape index (κ3) is 4.40. The number of benzene rings is 1. The van der Waals surface area contributed by atoms with Crippen LogP contribution in [-0.4, -0.2) is 15.9 Å². The van der Waals surface area contributed by atoms with Gasteiger partial charge in [-0.25, -0.2) is 14.4 Å². The van der Waals surface area contributed by atoms with Crippen molar-refractivity contribution in [3.05, 3.63) is 64.4 Å². The Morgan fingerprint density at radius 3 is 2.67 bits per heavy atom. The van der Waals surface area contributed by atoms with Crippen LogP contribution in [0.4, 0.5) is 23.5 Å². The van der Waals surface area contributed by atoms with Gasteiger partial charge in [0, 0.05) is 12.7 Å². The van der Waals surface area contributed by atoms with E-state index in [4.69, 9.17) is 5.73 Å². The summed E-state index contributed by atoms with van der Waals surface area (Å²) in [5, 5.41) is 2.41. The Labute approximate surface area is 154 Å². The zero-order valence-corrected chi connectivity index (χ0v) is 14.4. The highest BCUT2D eigenvalue weighted by Gasteiger charge is 2.33. The van der Waals surface area contributed by atoms with E-state index < -0.39 is 23.5 Å². The summed E-state index contributed by atoms with van der Waals surface area (Å²) < 4.78 is 52.1. The van der Waals surface area contributed by atoms with Crippen LogP contribution in [0.1, 0.15) is 20.8 Å². The fourth-order valence-electron chi connectivity index (χ4n) is 2.34. The molecule has 1 aromatic carbocycles. The van der Waals surface area contributed by atoms with Gasteiger partial charge in [-0.2, -0.15) is 13.2 Å². The van der Waals surface area contributed by atoms with Gasteiger partial charge in [0.2, 0.25) is 5.95 Å². The molecule has 0 radical (unpaired) electrons. The van der Waals surface area contributed by atoms with Gasteiger partial charge < -0.3 is 11.1 Å². The highest BCUT2D eigenvalue weighted by atomic mass is 32.1. The Hall–Kier alpha value is -3.01. The number of anilines is 1. The fraction of sp³-hybridized carbons (Fsp3) is 0.118. The normalized spacial score (nSPS) is 11.4. The molecule has 0 aliphatic carbocycles. The maximum Gasteiger partial charge on any atom is 0.416 e. The summed E-state index contributed by atoms with van der Waals surface area (Å²) in [5.74, 6) is -1.46. The maximum atomic E-state index is 13.1. The first-order chi connectivity index (χ1) is 12.7. The van der Waals surface area contributed by atoms with Crippen LogP contribution >= 0.6 is 11.3 Å². The van der Waals surface area contributed by atoms with Crippen molar-refractivity contribution >= 4 is 23.2 Å². The molecule has 5 nitrogen and oxygen atoms in total. The van der Waals surface area contributed by atoms with Gasteiger partial charge in [-0.1, -0.05) is 6.07 Å². The number of carbonyl (C=O) groups is 1. The molecule has 3 rings (SSSR count). The second kappa shape index (κ2) is 7.31. The van der Waals surface area contributed by atoms with Crippen LogP contribution in [0.25, 0.3) is 10.6 Å². The van der Waals surface area contributed by atoms with E-state index in [0.717, 1.165) is 23.5 Å². The van der Waals surface area contributed by atoms with E-state index in [1.807, 2.05) is 0 Å². The van der Waals surface area contributed by atoms with E-state index in [1.165, 1.54) is 12.3 Å². The fourth-order valence-corrected chi connectivity index (χ4v) is 3.23. The SMILES string of the molecule is Nc1nccc(-c2ccc(C(=O)NCc3ccc(F)cc3C(F)(F)F)s2)n1. The van der Waals surface area contributed by atoms with Gasteiger partial charge in [0.05, 0.1) is 21.0 Å². The van der Waals surface area contributed by atoms with Gasteiger partial charge in [0.1, 0.15) is 5.82 Å². The van der Waals surface area contributed by atoms with Crippen molar-refractivity contribution in [1.29, 1.82) is 0 Å². The number of carbonyl (C=O) groups excluding carboxylic acids is 1. The van der Waals surface area contributed by atoms with Crippen LogP contribution in [0, 0.1) is 5.82 Å². The average molecular weight is 396 g/mol. The van der Waals surface area contributed by atoms with Crippen LogP contribution in [0.5, 0.6) is 0 Å². The predicted octanol–water partition coefficient (Wildman–Crippen LogP) is 3.88. The summed E-state index contributed by atoms with van der Waals surface area (Å²) in [5.41, 5.74) is 4.71. The molecule has 10 heteroatoms. The predicted molar refractivity (Wildman–Crippen MR) is 92.3 cm³/mol. The second-order valence-corrected chi connectivity index (χ2v) is 6.53. The zero-order chi connectivity index (χ0) is 19.6. The van der Waals surface area contributed by atoms with Gasteiger partial charge in [0.15, 0.2) is 0 Å². The molecular formula is C17H12F4N4OS. The highest BCUT2D eigenvalue weighted by molar-refractivity contribution is 7.17. The summed E-state index contributed by atoms with van der Waals surface area (Å²) >= 11 is 1.11. The Morgan fingerprint density at radius 1 is 1.19 bits per heavy atom. The second-order valence-electron chi connectivity index (χ2n) is 5.45. The molecule has 1 amide bonds. The average Bonchev–Trinajstić information content (AvgIpc) is 3.10. The van der Waals surface area contributed by atoms with Crippen LogP contribution in [0.3, 0.4) is 0 Å². The first-order valence-corrected chi connectivity index (χ1v) is 8.38. The van der Waals surface area contributed by atoms with Crippen molar-refractivity contribution in [3.63, 3.8) is 0 Å². The summed E-state index contributed by atoms with van der Waals surface area (Å²) in [6, 6.07) is 7.13. The van der Waals surface area contributed by atoms with Crippen molar-refractivity contribution in [2.24, 2.45) is 0 Å². The molecular weight excluding hydrogens is 384 g/mol. The van der Waals surface area contributed by atoms with Crippen molar-refractivity contribution in [3.8, 4) is 10.6 Å². The molecule has 0 fully saturated rings. The first kappa shape index (κ1) is 18.8. The number of nitrogens with two attached hydrogens (primary N) is 1. The monoisotopic (exact) mass is 396 g/mol. The lowest BCUT2D eigenvalue weighted by atomic mass is 10.1. The van der Waals surface area contributed by atoms with E-state index in [-0.39, 0.29) is 22.9 Å². The molecule has 140 valence electrons. The molecule has 0 saturated heterocycles. The minimum Gasteiger partial charge on any atom is -0.368 e. The van der Waals surface area contributed by atoms with Gasteiger partial charge in [-0.05, 0) is 35.9 Å². The van der Waals surface area contributed by atoms with Crippen LogP contribution < -0.4 is 11.1 Å². The lowest BCUT2D eigenvalue weighted by molar-refractivity contribution is -0.138. The molecule has 2 heterocycles. The minimum atomic E-state index is -4.72.